The van der Waals surface area contributed by atoms with E-state index < -0.39 is 6.04 Å². The van der Waals surface area contributed by atoms with Gasteiger partial charge in [-0.1, -0.05) is 41.4 Å². The maximum absolute atomic E-state index is 12.2. The quantitative estimate of drug-likeness (QED) is 0.755. The SMILES string of the molecule is CCC[C@@H](NC(C)=O)C(=O)NCc1ccc(-c2ccc(Br)cc2)o1. The summed E-state index contributed by atoms with van der Waals surface area (Å²) in [5.74, 6) is 1.01. The summed E-state index contributed by atoms with van der Waals surface area (Å²) in [5, 5.41) is 5.48. The number of carbonyl (C=O) groups excluding carboxylic acids is 2. The molecule has 1 aromatic carbocycles. The van der Waals surface area contributed by atoms with E-state index in [2.05, 4.69) is 26.6 Å². The highest BCUT2D eigenvalue weighted by molar-refractivity contribution is 9.10. The number of halogens is 1. The molecule has 0 aliphatic rings. The monoisotopic (exact) mass is 392 g/mol. The highest BCUT2D eigenvalue weighted by Crippen LogP contribution is 2.23. The van der Waals surface area contributed by atoms with Crippen molar-refractivity contribution in [1.29, 1.82) is 0 Å². The minimum Gasteiger partial charge on any atom is -0.459 e. The van der Waals surface area contributed by atoms with Gasteiger partial charge in [0, 0.05) is 17.0 Å². The number of furan rings is 1. The molecule has 0 spiro atoms. The summed E-state index contributed by atoms with van der Waals surface area (Å²) in [6.45, 7) is 3.67. The van der Waals surface area contributed by atoms with E-state index in [1.165, 1.54) is 6.92 Å². The minimum absolute atomic E-state index is 0.200. The molecule has 6 heteroatoms. The first-order valence-electron chi connectivity index (χ1n) is 7.89. The van der Waals surface area contributed by atoms with Gasteiger partial charge in [0.05, 0.1) is 6.54 Å². The lowest BCUT2D eigenvalue weighted by atomic mass is 10.1. The average molecular weight is 393 g/mol. The van der Waals surface area contributed by atoms with Crippen molar-refractivity contribution in [1.82, 2.24) is 10.6 Å². The van der Waals surface area contributed by atoms with Crippen LogP contribution in [0.2, 0.25) is 0 Å². The van der Waals surface area contributed by atoms with E-state index in [9.17, 15) is 9.59 Å². The highest BCUT2D eigenvalue weighted by atomic mass is 79.9. The van der Waals surface area contributed by atoms with Gasteiger partial charge in [-0.2, -0.15) is 0 Å². The molecule has 2 aromatic rings. The van der Waals surface area contributed by atoms with Gasteiger partial charge in [-0.25, -0.2) is 0 Å². The second-order valence-corrected chi connectivity index (χ2v) is 6.45. The molecule has 2 rings (SSSR count). The van der Waals surface area contributed by atoms with Crippen molar-refractivity contribution in [3.63, 3.8) is 0 Å². The van der Waals surface area contributed by atoms with Crippen LogP contribution >= 0.6 is 15.9 Å². The van der Waals surface area contributed by atoms with Gasteiger partial charge in [-0.05, 0) is 30.7 Å². The smallest absolute Gasteiger partial charge is 0.242 e. The first kappa shape index (κ1) is 18.3. The second kappa shape index (κ2) is 8.68. The predicted octanol–water partition coefficient (Wildman–Crippen LogP) is 3.63. The summed E-state index contributed by atoms with van der Waals surface area (Å²) >= 11 is 3.40. The van der Waals surface area contributed by atoms with Gasteiger partial charge < -0.3 is 15.1 Å². The Kier molecular flexibility index (Phi) is 6.61. The molecule has 1 heterocycles. The summed E-state index contributed by atoms with van der Waals surface area (Å²) in [7, 11) is 0. The molecule has 2 amide bonds. The molecular weight excluding hydrogens is 372 g/mol. The van der Waals surface area contributed by atoms with Gasteiger partial charge in [0.2, 0.25) is 11.8 Å². The Morgan fingerprint density at radius 2 is 1.88 bits per heavy atom. The lowest BCUT2D eigenvalue weighted by Gasteiger charge is -2.16. The van der Waals surface area contributed by atoms with Crippen LogP contribution in [-0.2, 0) is 16.1 Å². The van der Waals surface area contributed by atoms with Crippen LogP contribution in [-0.4, -0.2) is 17.9 Å². The Labute approximate surface area is 149 Å². The summed E-state index contributed by atoms with van der Waals surface area (Å²) in [4.78, 5) is 23.4. The molecule has 0 bridgehead atoms. The molecular formula is C18H21BrN2O3. The molecule has 0 fully saturated rings. The fraction of sp³-hybridized carbons (Fsp3) is 0.333. The molecule has 0 saturated carbocycles. The summed E-state index contributed by atoms with van der Waals surface area (Å²) in [5.41, 5.74) is 0.970. The zero-order chi connectivity index (χ0) is 17.5. The zero-order valence-electron chi connectivity index (χ0n) is 13.8. The lowest BCUT2D eigenvalue weighted by Crippen LogP contribution is -2.45. The molecule has 24 heavy (non-hydrogen) atoms. The van der Waals surface area contributed by atoms with Gasteiger partial charge in [0.25, 0.3) is 0 Å². The first-order valence-corrected chi connectivity index (χ1v) is 8.68. The van der Waals surface area contributed by atoms with E-state index >= 15 is 0 Å². The number of benzene rings is 1. The van der Waals surface area contributed by atoms with Gasteiger partial charge in [-0.15, -0.1) is 0 Å². The van der Waals surface area contributed by atoms with Crippen LogP contribution in [0.3, 0.4) is 0 Å². The van der Waals surface area contributed by atoms with Crippen LogP contribution in [0.1, 0.15) is 32.4 Å². The van der Waals surface area contributed by atoms with E-state index in [4.69, 9.17) is 4.42 Å². The maximum atomic E-state index is 12.2. The van der Waals surface area contributed by atoms with E-state index in [1.807, 2.05) is 43.3 Å². The number of rotatable bonds is 7. The Hall–Kier alpha value is -2.08. The van der Waals surface area contributed by atoms with E-state index in [1.54, 1.807) is 0 Å². The second-order valence-electron chi connectivity index (χ2n) is 5.53. The van der Waals surface area contributed by atoms with Gasteiger partial charge >= 0.3 is 0 Å². The number of nitrogens with one attached hydrogen (secondary N) is 2. The van der Waals surface area contributed by atoms with Crippen molar-refractivity contribution < 1.29 is 14.0 Å². The summed E-state index contributed by atoms with van der Waals surface area (Å²) in [6, 6.07) is 11.0. The summed E-state index contributed by atoms with van der Waals surface area (Å²) < 4.78 is 6.77. The van der Waals surface area contributed by atoms with Gasteiger partial charge in [0.1, 0.15) is 17.6 Å². The Morgan fingerprint density at radius 3 is 2.50 bits per heavy atom. The number of carbonyl (C=O) groups is 2. The van der Waals surface area contributed by atoms with Crippen molar-refractivity contribution in [2.75, 3.05) is 0 Å². The van der Waals surface area contributed by atoms with Crippen LogP contribution < -0.4 is 10.6 Å². The van der Waals surface area contributed by atoms with Crippen molar-refractivity contribution in [2.45, 2.75) is 39.3 Å². The van der Waals surface area contributed by atoms with Gasteiger partial charge in [0.15, 0.2) is 0 Å². The van der Waals surface area contributed by atoms with Crippen molar-refractivity contribution in [3.8, 4) is 11.3 Å². The third-order valence-electron chi connectivity index (χ3n) is 3.50. The van der Waals surface area contributed by atoms with Crippen molar-refractivity contribution in [3.05, 3.63) is 46.6 Å². The van der Waals surface area contributed by atoms with Gasteiger partial charge in [-0.3, -0.25) is 9.59 Å². The van der Waals surface area contributed by atoms with E-state index in [-0.39, 0.29) is 18.4 Å². The highest BCUT2D eigenvalue weighted by Gasteiger charge is 2.18. The van der Waals surface area contributed by atoms with Crippen LogP contribution in [0.15, 0.2) is 45.3 Å². The first-order chi connectivity index (χ1) is 11.5. The fourth-order valence-electron chi connectivity index (χ4n) is 2.34. The van der Waals surface area contributed by atoms with Crippen LogP contribution in [0.25, 0.3) is 11.3 Å². The average Bonchev–Trinajstić information content (AvgIpc) is 3.01. The molecule has 0 radical (unpaired) electrons. The molecule has 1 atom stereocenters. The number of hydrogen-bond acceptors (Lipinski definition) is 3. The summed E-state index contributed by atoms with van der Waals surface area (Å²) in [6.07, 6.45) is 1.42. The topological polar surface area (TPSA) is 71.3 Å². The van der Waals surface area contributed by atoms with Crippen molar-refractivity contribution in [2.24, 2.45) is 0 Å². The third kappa shape index (κ3) is 5.23. The normalized spacial score (nSPS) is 11.8. The number of hydrogen-bond donors (Lipinski definition) is 2. The molecule has 1 aromatic heterocycles. The molecule has 0 aliphatic carbocycles. The molecule has 2 N–H and O–H groups in total. The Morgan fingerprint density at radius 1 is 1.17 bits per heavy atom. The molecule has 0 unspecified atom stereocenters. The van der Waals surface area contributed by atoms with E-state index in [0.29, 0.717) is 12.2 Å². The fourth-order valence-corrected chi connectivity index (χ4v) is 2.61. The Bertz CT molecular complexity index is 695. The lowest BCUT2D eigenvalue weighted by molar-refractivity contribution is -0.128. The molecule has 128 valence electrons. The van der Waals surface area contributed by atoms with Crippen LogP contribution in [0.5, 0.6) is 0 Å². The van der Waals surface area contributed by atoms with E-state index in [0.717, 1.165) is 22.2 Å². The number of amides is 2. The predicted molar refractivity (Wildman–Crippen MR) is 96.2 cm³/mol. The minimum atomic E-state index is -0.506. The standard InChI is InChI=1S/C18H21BrN2O3/c1-3-4-16(21-12(2)22)18(23)20-11-15-9-10-17(24-15)13-5-7-14(19)8-6-13/h5-10,16H,3-4,11H2,1-2H3,(H,20,23)(H,21,22)/t16-/m1/s1. The van der Waals surface area contributed by atoms with Crippen LogP contribution in [0.4, 0.5) is 0 Å². The Balaban J connectivity index is 1.95. The largest absolute Gasteiger partial charge is 0.459 e. The maximum Gasteiger partial charge on any atom is 0.242 e. The van der Waals surface area contributed by atoms with Crippen LogP contribution in [0, 0.1) is 0 Å². The molecule has 0 aliphatic heterocycles. The third-order valence-corrected chi connectivity index (χ3v) is 4.03. The molecule has 5 nitrogen and oxygen atoms in total. The zero-order valence-corrected chi connectivity index (χ0v) is 15.4. The molecule has 0 saturated heterocycles. The van der Waals surface area contributed by atoms with Crippen molar-refractivity contribution >= 4 is 27.7 Å².